The molecule has 2 heterocycles. The molecule has 0 unspecified atom stereocenters. The van der Waals surface area contributed by atoms with Crippen molar-refractivity contribution in [2.45, 2.75) is 45.7 Å². The van der Waals surface area contributed by atoms with Gasteiger partial charge in [0.25, 0.3) is 5.56 Å². The Bertz CT molecular complexity index is 1280. The fourth-order valence-corrected chi connectivity index (χ4v) is 4.14. The Morgan fingerprint density at radius 2 is 1.82 bits per heavy atom. The Morgan fingerprint density at radius 1 is 1.15 bits per heavy atom. The molecule has 10 nitrogen and oxygen atoms in total. The van der Waals surface area contributed by atoms with Gasteiger partial charge in [0.05, 0.1) is 0 Å². The summed E-state index contributed by atoms with van der Waals surface area (Å²) in [6.45, 7) is 2.62. The van der Waals surface area contributed by atoms with Crippen molar-refractivity contribution in [3.8, 4) is 0 Å². The summed E-state index contributed by atoms with van der Waals surface area (Å²) in [6, 6.07) is 5.05. The smallest absolute Gasteiger partial charge is 0.323 e. The van der Waals surface area contributed by atoms with Gasteiger partial charge in [0.15, 0.2) is 11.2 Å². The molecule has 3 rings (SSSR count). The van der Waals surface area contributed by atoms with Crippen molar-refractivity contribution in [2.24, 2.45) is 5.22 Å². The summed E-state index contributed by atoms with van der Waals surface area (Å²) in [7, 11) is 0. The molecule has 33 heavy (non-hydrogen) atoms. The number of unbranched alkanes of at least 4 members (excludes halogenated alkanes) is 1. The lowest BCUT2D eigenvalue weighted by molar-refractivity contribution is 0.371. The van der Waals surface area contributed by atoms with E-state index in [9.17, 15) is 9.59 Å². The summed E-state index contributed by atoms with van der Waals surface area (Å²) in [5, 5.41) is 13.7. The number of aryl methyl sites for hydroxylation is 1. The van der Waals surface area contributed by atoms with Gasteiger partial charge in [-0.3, -0.25) is 19.3 Å². The summed E-state index contributed by atoms with van der Waals surface area (Å²) in [5.74, 6) is 0.0171. The van der Waals surface area contributed by atoms with E-state index >= 15 is 0 Å². The molecular formula is C20H23Cl3N8O2. The highest BCUT2D eigenvalue weighted by molar-refractivity contribution is 6.36. The van der Waals surface area contributed by atoms with Gasteiger partial charge in [-0.15, -0.1) is 0 Å². The first-order valence-corrected chi connectivity index (χ1v) is 11.5. The van der Waals surface area contributed by atoms with Crippen LogP contribution in [0.1, 0.15) is 31.7 Å². The lowest BCUT2D eigenvalue weighted by Gasteiger charge is -2.19. The number of fused-ring (bicyclic) bond motifs is 1. The van der Waals surface area contributed by atoms with Crippen molar-refractivity contribution in [1.29, 1.82) is 10.9 Å². The number of aromatic amines is 1. The number of hydrogen-bond donors (Lipinski definition) is 3. The fourth-order valence-electron chi connectivity index (χ4n) is 3.44. The van der Waals surface area contributed by atoms with Crippen LogP contribution >= 0.6 is 34.8 Å². The largest absolute Gasteiger partial charge is 0.332 e. The maximum Gasteiger partial charge on any atom is 0.332 e. The topological polar surface area (TPSA) is 136 Å². The Morgan fingerprint density at radius 3 is 2.45 bits per heavy atom. The van der Waals surface area contributed by atoms with Gasteiger partial charge in [-0.2, -0.15) is 10.5 Å². The van der Waals surface area contributed by atoms with Crippen LogP contribution in [-0.2, 0) is 19.5 Å². The monoisotopic (exact) mass is 512 g/mol. The van der Waals surface area contributed by atoms with Gasteiger partial charge in [-0.1, -0.05) is 47.8 Å². The Hall–Kier alpha value is -2.69. The Balaban J connectivity index is 1.78. The van der Waals surface area contributed by atoms with E-state index in [1.54, 1.807) is 18.2 Å². The van der Waals surface area contributed by atoms with Crippen molar-refractivity contribution >= 4 is 51.8 Å². The van der Waals surface area contributed by atoms with Crippen molar-refractivity contribution < 1.29 is 0 Å². The van der Waals surface area contributed by atoms with Crippen molar-refractivity contribution in [3.63, 3.8) is 0 Å². The van der Waals surface area contributed by atoms with Crippen LogP contribution in [0, 0.1) is 10.9 Å². The highest BCUT2D eigenvalue weighted by Crippen LogP contribution is 2.25. The third-order valence-electron chi connectivity index (χ3n) is 5.16. The molecule has 0 aliphatic carbocycles. The quantitative estimate of drug-likeness (QED) is 0.121. The van der Waals surface area contributed by atoms with E-state index in [-0.39, 0.29) is 48.2 Å². The van der Waals surface area contributed by atoms with Crippen LogP contribution in [0.3, 0.4) is 0 Å². The van der Waals surface area contributed by atoms with E-state index in [0.717, 1.165) is 17.4 Å². The third kappa shape index (κ3) is 5.45. The van der Waals surface area contributed by atoms with Crippen LogP contribution < -0.4 is 11.2 Å². The first kappa shape index (κ1) is 24.9. The summed E-state index contributed by atoms with van der Waals surface area (Å²) in [6.07, 6.45) is 1.98. The van der Waals surface area contributed by atoms with Crippen LogP contribution in [0.15, 0.2) is 33.0 Å². The summed E-state index contributed by atoms with van der Waals surface area (Å²) < 4.78 is 2.56. The van der Waals surface area contributed by atoms with Crippen LogP contribution in [0.2, 0.25) is 15.3 Å². The zero-order valence-electron chi connectivity index (χ0n) is 17.9. The van der Waals surface area contributed by atoms with Gasteiger partial charge >= 0.3 is 5.69 Å². The summed E-state index contributed by atoms with van der Waals surface area (Å²) in [5.41, 5.74) is 7.41. The molecule has 0 atom stereocenters. The number of nitrogens with zero attached hydrogens (tertiary/aromatic N) is 5. The number of halogens is 3. The second-order valence-corrected chi connectivity index (χ2v) is 8.54. The average Bonchev–Trinajstić information content (AvgIpc) is 3.17. The van der Waals surface area contributed by atoms with Crippen LogP contribution in [0.5, 0.6) is 0 Å². The number of amidine groups is 1. The molecule has 1 aromatic carbocycles. The molecular weight excluding hydrogens is 491 g/mol. The van der Waals surface area contributed by atoms with Crippen molar-refractivity contribution in [1.82, 2.24) is 24.1 Å². The SMILES string of the molecule is CCCCn1c(=O)n(CCCN(N=N)C(=N)Cc2c(Cl)cccc2Cl)c(=O)c2[nH]c(Cl)nc21. The number of H-pyrrole nitrogens is 1. The molecule has 0 fully saturated rings. The van der Waals surface area contributed by atoms with Gasteiger partial charge < -0.3 is 4.98 Å². The molecule has 3 aromatic rings. The van der Waals surface area contributed by atoms with Gasteiger partial charge in [-0.25, -0.2) is 9.80 Å². The number of benzene rings is 1. The highest BCUT2D eigenvalue weighted by atomic mass is 35.5. The molecule has 0 amide bonds. The molecule has 0 saturated heterocycles. The molecule has 0 bridgehead atoms. The predicted molar refractivity (Wildman–Crippen MR) is 129 cm³/mol. The number of aromatic nitrogens is 4. The van der Waals surface area contributed by atoms with Crippen LogP contribution in [0.25, 0.3) is 11.2 Å². The standard InChI is InChI=1S/C20H23Cl3N8O2/c1-2-3-8-29-17-16(26-19(23)27-17)18(32)30(20(29)33)9-5-10-31(28-25)15(24)11-12-13(21)6-4-7-14(12)22/h4,6-7,24-25H,2-3,5,8-11H2,1H3,(H,26,27). The molecule has 13 heteroatoms. The molecule has 0 aliphatic rings. The van der Waals surface area contributed by atoms with Crippen molar-refractivity contribution in [3.05, 3.63) is 59.9 Å². The average molecular weight is 514 g/mol. The maximum atomic E-state index is 13.0. The second-order valence-electron chi connectivity index (χ2n) is 7.37. The van der Waals surface area contributed by atoms with Crippen LogP contribution in [0.4, 0.5) is 0 Å². The molecule has 2 aromatic heterocycles. The van der Waals surface area contributed by atoms with E-state index in [4.69, 9.17) is 45.7 Å². The van der Waals surface area contributed by atoms with Gasteiger partial charge in [0, 0.05) is 36.1 Å². The fraction of sp³-hybridized carbons (Fsp3) is 0.400. The zero-order chi connectivity index (χ0) is 24.1. The molecule has 176 valence electrons. The molecule has 3 N–H and O–H groups in total. The van der Waals surface area contributed by atoms with E-state index < -0.39 is 11.2 Å². The predicted octanol–water partition coefficient (Wildman–Crippen LogP) is 4.50. The summed E-state index contributed by atoms with van der Waals surface area (Å²) >= 11 is 18.3. The van der Waals surface area contributed by atoms with Gasteiger partial charge in [0.2, 0.25) is 5.28 Å². The van der Waals surface area contributed by atoms with E-state index in [2.05, 4.69) is 15.2 Å². The second kappa shape index (κ2) is 11.0. The van der Waals surface area contributed by atoms with Crippen LogP contribution in [-0.4, -0.2) is 36.5 Å². The highest BCUT2D eigenvalue weighted by Gasteiger charge is 2.18. The zero-order valence-corrected chi connectivity index (χ0v) is 20.1. The van der Waals surface area contributed by atoms with E-state index in [1.807, 2.05) is 6.92 Å². The molecule has 0 saturated carbocycles. The number of nitrogens with one attached hydrogen (secondary N) is 3. The van der Waals surface area contributed by atoms with Crippen molar-refractivity contribution in [2.75, 3.05) is 6.54 Å². The first-order chi connectivity index (χ1) is 15.8. The number of hydrogen-bond acceptors (Lipinski definition) is 6. The van der Waals surface area contributed by atoms with Gasteiger partial charge in [-0.05, 0) is 42.1 Å². The minimum absolute atomic E-state index is 0.0171. The minimum atomic E-state index is -0.519. The third-order valence-corrected chi connectivity index (χ3v) is 6.04. The number of imidazole rings is 1. The maximum absolute atomic E-state index is 13.0. The lowest BCUT2D eigenvalue weighted by atomic mass is 10.1. The Labute approximate surface area is 204 Å². The van der Waals surface area contributed by atoms with E-state index in [0.29, 0.717) is 22.2 Å². The Kier molecular flexibility index (Phi) is 8.28. The number of rotatable bonds is 10. The van der Waals surface area contributed by atoms with E-state index in [1.165, 1.54) is 9.58 Å². The minimum Gasteiger partial charge on any atom is -0.323 e. The van der Waals surface area contributed by atoms with Gasteiger partial charge in [0.1, 0.15) is 5.84 Å². The normalized spacial score (nSPS) is 11.2. The molecule has 0 spiro atoms. The molecule has 0 aliphatic heterocycles. The summed E-state index contributed by atoms with van der Waals surface area (Å²) in [4.78, 5) is 32.7. The molecule has 0 radical (unpaired) electrons. The lowest BCUT2D eigenvalue weighted by Crippen LogP contribution is -2.41. The first-order valence-electron chi connectivity index (χ1n) is 10.3.